The Morgan fingerprint density at radius 3 is 2.46 bits per heavy atom. The minimum Gasteiger partial charge on any atom is -0.349 e. The van der Waals surface area contributed by atoms with Gasteiger partial charge in [0.2, 0.25) is 0 Å². The number of fused-ring (bicyclic) bond motifs is 3. The van der Waals surface area contributed by atoms with Gasteiger partial charge in [-0.05, 0) is 23.8 Å². The Labute approximate surface area is 144 Å². The zero-order valence-electron chi connectivity index (χ0n) is 13.2. The second-order valence-electron chi connectivity index (χ2n) is 5.56. The van der Waals surface area contributed by atoms with Gasteiger partial charge in [0, 0.05) is 23.0 Å². The van der Waals surface area contributed by atoms with E-state index in [-0.39, 0.29) is 11.2 Å². The van der Waals surface area contributed by atoms with Crippen molar-refractivity contribution < 1.29 is 4.92 Å². The molecular weight excluding hydrogens is 338 g/mol. The van der Waals surface area contributed by atoms with Gasteiger partial charge in [-0.25, -0.2) is 4.79 Å². The van der Waals surface area contributed by atoms with Crippen molar-refractivity contribution in [3.05, 3.63) is 85.0 Å². The van der Waals surface area contributed by atoms with Gasteiger partial charge in [-0.15, -0.1) is 4.68 Å². The third-order valence-corrected chi connectivity index (χ3v) is 3.96. The molecule has 2 aromatic heterocycles. The highest BCUT2D eigenvalue weighted by Crippen LogP contribution is 2.19. The number of nitro groups is 1. The van der Waals surface area contributed by atoms with Crippen molar-refractivity contribution >= 4 is 33.8 Å². The molecule has 9 heteroatoms. The first-order valence-corrected chi connectivity index (χ1v) is 7.59. The molecule has 0 spiro atoms. The number of rotatable bonds is 3. The average molecular weight is 349 g/mol. The van der Waals surface area contributed by atoms with E-state index in [1.807, 2.05) is 12.1 Å². The van der Waals surface area contributed by atoms with Crippen LogP contribution in [0.15, 0.2) is 63.2 Å². The first-order valence-electron chi connectivity index (χ1n) is 7.59. The number of non-ortho nitro benzene ring substituents is 1. The summed E-state index contributed by atoms with van der Waals surface area (Å²) in [6.07, 6.45) is 1.29. The zero-order valence-corrected chi connectivity index (χ0v) is 13.2. The predicted molar refractivity (Wildman–Crippen MR) is 96.8 cm³/mol. The van der Waals surface area contributed by atoms with Crippen LogP contribution in [-0.2, 0) is 0 Å². The number of hydrogen-bond donors (Lipinski definition) is 2. The van der Waals surface area contributed by atoms with E-state index in [1.54, 1.807) is 12.1 Å². The van der Waals surface area contributed by atoms with E-state index in [4.69, 9.17) is 0 Å². The zero-order chi connectivity index (χ0) is 18.3. The van der Waals surface area contributed by atoms with Crippen molar-refractivity contribution in [1.29, 1.82) is 0 Å². The summed E-state index contributed by atoms with van der Waals surface area (Å²) in [5.41, 5.74) is 0.593. The quantitative estimate of drug-likeness (QED) is 0.333. The predicted octanol–water partition coefficient (Wildman–Crippen LogP) is 1.96. The fourth-order valence-corrected chi connectivity index (χ4v) is 2.70. The summed E-state index contributed by atoms with van der Waals surface area (Å²) in [6, 6.07) is 12.8. The Bertz CT molecular complexity index is 1290. The van der Waals surface area contributed by atoms with Crippen LogP contribution in [0.4, 0.5) is 5.69 Å². The minimum atomic E-state index is -0.676. The summed E-state index contributed by atoms with van der Waals surface area (Å²) in [7, 11) is 0. The minimum absolute atomic E-state index is 0.0586. The standard InChI is InChI=1S/C17H11N5O4/c23-16-15-14(12-3-1-2-4-13(12)19-15)20-17(24)21(16)18-9-10-5-7-11(8-6-10)22(25)26/h1-9,19H,(H,20,24). The van der Waals surface area contributed by atoms with Crippen molar-refractivity contribution in [2.45, 2.75) is 0 Å². The lowest BCUT2D eigenvalue weighted by atomic mass is 10.2. The van der Waals surface area contributed by atoms with Crippen molar-refractivity contribution in [1.82, 2.24) is 14.6 Å². The number of aromatic nitrogens is 3. The number of H-pyrrole nitrogens is 2. The maximum Gasteiger partial charge on any atom is 0.350 e. The number of aromatic amines is 2. The highest BCUT2D eigenvalue weighted by atomic mass is 16.6. The van der Waals surface area contributed by atoms with Crippen LogP contribution < -0.4 is 11.2 Å². The molecular formula is C17H11N5O4. The van der Waals surface area contributed by atoms with Crippen LogP contribution in [0, 0.1) is 10.1 Å². The van der Waals surface area contributed by atoms with Crippen LogP contribution in [0.3, 0.4) is 0 Å². The SMILES string of the molecule is O=c1[nH]c2c([nH]c3ccccc32)c(=O)n1N=Cc1ccc([N+](=O)[O-])cc1. The Balaban J connectivity index is 1.81. The number of para-hydroxylation sites is 1. The first kappa shape index (κ1) is 15.5. The van der Waals surface area contributed by atoms with Crippen molar-refractivity contribution in [2.75, 3.05) is 0 Å². The lowest BCUT2D eigenvalue weighted by molar-refractivity contribution is -0.384. The molecule has 0 aliphatic heterocycles. The Morgan fingerprint density at radius 1 is 1.00 bits per heavy atom. The number of nitrogens with one attached hydrogen (secondary N) is 2. The lowest BCUT2D eigenvalue weighted by Gasteiger charge is -1.98. The fraction of sp³-hybridized carbons (Fsp3) is 0. The van der Waals surface area contributed by atoms with Gasteiger partial charge < -0.3 is 9.97 Å². The molecule has 0 saturated heterocycles. The highest BCUT2D eigenvalue weighted by Gasteiger charge is 2.12. The molecule has 0 radical (unpaired) electrons. The molecule has 0 amide bonds. The molecule has 0 atom stereocenters. The maximum absolute atomic E-state index is 12.6. The Morgan fingerprint density at radius 2 is 1.73 bits per heavy atom. The van der Waals surface area contributed by atoms with Crippen LogP contribution >= 0.6 is 0 Å². The maximum atomic E-state index is 12.6. The normalized spacial score (nSPS) is 11.5. The molecule has 26 heavy (non-hydrogen) atoms. The molecule has 0 unspecified atom stereocenters. The number of nitro benzene ring substituents is 1. The van der Waals surface area contributed by atoms with E-state index in [1.165, 1.54) is 30.5 Å². The van der Waals surface area contributed by atoms with E-state index in [9.17, 15) is 19.7 Å². The number of benzene rings is 2. The van der Waals surface area contributed by atoms with Crippen molar-refractivity contribution in [2.24, 2.45) is 5.10 Å². The Hall–Kier alpha value is -4.01. The van der Waals surface area contributed by atoms with Crippen LogP contribution in [-0.4, -0.2) is 25.8 Å². The van der Waals surface area contributed by atoms with Gasteiger partial charge in [0.25, 0.3) is 5.69 Å². The molecule has 0 bridgehead atoms. The summed E-state index contributed by atoms with van der Waals surface area (Å²) in [5, 5.41) is 15.3. The van der Waals surface area contributed by atoms with Crippen LogP contribution in [0.5, 0.6) is 0 Å². The van der Waals surface area contributed by atoms with E-state index in [0.29, 0.717) is 15.8 Å². The van der Waals surface area contributed by atoms with Gasteiger partial charge in [0.15, 0.2) is 0 Å². The second kappa shape index (κ2) is 5.81. The average Bonchev–Trinajstić information content (AvgIpc) is 3.01. The third-order valence-electron chi connectivity index (χ3n) is 3.96. The Kier molecular flexibility index (Phi) is 3.47. The largest absolute Gasteiger partial charge is 0.350 e. The molecule has 128 valence electrons. The van der Waals surface area contributed by atoms with Crippen LogP contribution in [0.25, 0.3) is 21.9 Å². The van der Waals surface area contributed by atoms with Gasteiger partial charge in [0.1, 0.15) is 5.52 Å². The van der Waals surface area contributed by atoms with E-state index < -0.39 is 16.2 Å². The fourth-order valence-electron chi connectivity index (χ4n) is 2.70. The van der Waals surface area contributed by atoms with Gasteiger partial charge in [-0.2, -0.15) is 5.10 Å². The van der Waals surface area contributed by atoms with E-state index >= 15 is 0 Å². The molecule has 0 aliphatic carbocycles. The van der Waals surface area contributed by atoms with Gasteiger partial charge in [-0.1, -0.05) is 18.2 Å². The second-order valence-corrected chi connectivity index (χ2v) is 5.56. The lowest BCUT2D eigenvalue weighted by Crippen LogP contribution is -2.32. The topological polar surface area (TPSA) is 126 Å². The summed E-state index contributed by atoms with van der Waals surface area (Å²) in [4.78, 5) is 40.6. The molecule has 2 N–H and O–H groups in total. The third kappa shape index (κ3) is 2.47. The van der Waals surface area contributed by atoms with Crippen LogP contribution in [0.1, 0.15) is 5.56 Å². The number of nitrogens with zero attached hydrogens (tertiary/aromatic N) is 3. The highest BCUT2D eigenvalue weighted by molar-refractivity contribution is 6.04. The van der Waals surface area contributed by atoms with Gasteiger partial charge in [-0.3, -0.25) is 14.9 Å². The molecule has 0 aliphatic rings. The molecule has 9 nitrogen and oxygen atoms in total. The van der Waals surface area contributed by atoms with Crippen molar-refractivity contribution in [3.63, 3.8) is 0 Å². The summed E-state index contributed by atoms with van der Waals surface area (Å²) in [5.74, 6) is 0. The summed E-state index contributed by atoms with van der Waals surface area (Å²) in [6.45, 7) is 0. The smallest absolute Gasteiger partial charge is 0.349 e. The molecule has 4 aromatic rings. The van der Waals surface area contributed by atoms with Crippen molar-refractivity contribution in [3.8, 4) is 0 Å². The van der Waals surface area contributed by atoms with E-state index in [0.717, 1.165) is 10.9 Å². The summed E-state index contributed by atoms with van der Waals surface area (Å²) < 4.78 is 0.707. The monoisotopic (exact) mass is 349 g/mol. The molecule has 2 aromatic carbocycles. The molecule has 0 saturated carbocycles. The van der Waals surface area contributed by atoms with Crippen LogP contribution in [0.2, 0.25) is 0 Å². The summed E-state index contributed by atoms with van der Waals surface area (Å²) >= 11 is 0. The van der Waals surface area contributed by atoms with Gasteiger partial charge in [0.05, 0.1) is 16.7 Å². The number of hydrogen-bond acceptors (Lipinski definition) is 5. The van der Waals surface area contributed by atoms with Gasteiger partial charge >= 0.3 is 11.2 Å². The molecule has 4 rings (SSSR count). The molecule has 2 heterocycles. The first-order chi connectivity index (χ1) is 12.5. The van der Waals surface area contributed by atoms with E-state index in [2.05, 4.69) is 15.1 Å². The molecule has 0 fully saturated rings.